The molecule has 6 nitrogen and oxygen atoms in total. The quantitative estimate of drug-likeness (QED) is 0.729. The van der Waals surface area contributed by atoms with Gasteiger partial charge in [0.1, 0.15) is 0 Å². The molecule has 3 fully saturated rings. The molecule has 2 aromatic rings. The highest BCUT2D eigenvalue weighted by atomic mass is 16.5. The van der Waals surface area contributed by atoms with Crippen LogP contribution in [-0.4, -0.2) is 56.7 Å². The molecule has 164 valence electrons. The summed E-state index contributed by atoms with van der Waals surface area (Å²) in [6.45, 7) is 1.84. The van der Waals surface area contributed by atoms with Gasteiger partial charge in [-0.2, -0.15) is 0 Å². The van der Waals surface area contributed by atoms with Gasteiger partial charge in [-0.3, -0.25) is 14.7 Å². The summed E-state index contributed by atoms with van der Waals surface area (Å²) in [6.07, 6.45) is 8.65. The number of phenols is 1. The summed E-state index contributed by atoms with van der Waals surface area (Å²) in [4.78, 5) is 20.4. The number of nitrogens with zero attached hydrogens (tertiary/aromatic N) is 2. The molecule has 2 aliphatic heterocycles. The van der Waals surface area contributed by atoms with Gasteiger partial charge in [0, 0.05) is 42.5 Å². The zero-order valence-corrected chi connectivity index (χ0v) is 17.8. The first-order valence-electron chi connectivity index (χ1n) is 11.6. The van der Waals surface area contributed by atoms with Gasteiger partial charge in [-0.15, -0.1) is 0 Å². The van der Waals surface area contributed by atoms with Crippen LogP contribution in [0.5, 0.6) is 11.5 Å². The van der Waals surface area contributed by atoms with Gasteiger partial charge in [0.15, 0.2) is 23.4 Å². The van der Waals surface area contributed by atoms with Gasteiger partial charge in [0.25, 0.3) is 0 Å². The molecule has 6 heteroatoms. The van der Waals surface area contributed by atoms with Crippen molar-refractivity contribution in [3.8, 4) is 11.5 Å². The largest absolute Gasteiger partial charge is 0.504 e. The third-order valence-electron chi connectivity index (χ3n) is 8.55. The van der Waals surface area contributed by atoms with Crippen LogP contribution in [-0.2, 0) is 16.6 Å². The Hall–Kier alpha value is -2.70. The monoisotopic (exact) mass is 430 g/mol. The topological polar surface area (TPSA) is 82.9 Å². The second-order valence-electron chi connectivity index (χ2n) is 10.2. The van der Waals surface area contributed by atoms with Gasteiger partial charge in [-0.25, -0.2) is 0 Å². The van der Waals surface area contributed by atoms with E-state index < -0.39 is 17.1 Å². The maximum atomic E-state index is 13.8. The summed E-state index contributed by atoms with van der Waals surface area (Å²) in [5.74, 6) is 1.09. The first kappa shape index (κ1) is 18.8. The van der Waals surface area contributed by atoms with Gasteiger partial charge in [-0.1, -0.05) is 12.1 Å². The molecule has 2 bridgehead atoms. The highest BCUT2D eigenvalue weighted by Crippen LogP contribution is 2.65. The molecule has 1 aromatic heterocycles. The Morgan fingerprint density at radius 3 is 2.94 bits per heavy atom. The molecule has 5 aliphatic rings. The minimum Gasteiger partial charge on any atom is -0.504 e. The fourth-order valence-electron chi connectivity index (χ4n) is 6.97. The van der Waals surface area contributed by atoms with Crippen LogP contribution in [0.3, 0.4) is 0 Å². The number of carbonyl (C=O) groups excluding carboxylic acids is 1. The molecule has 32 heavy (non-hydrogen) atoms. The number of aromatic nitrogens is 1. The lowest BCUT2D eigenvalue weighted by molar-refractivity contribution is -0.179. The lowest BCUT2D eigenvalue weighted by Gasteiger charge is -2.62. The number of piperidine rings is 1. The predicted octanol–water partition coefficient (Wildman–Crippen LogP) is 2.61. The standard InChI is InChI=1S/C26H26N2O4/c29-19-6-5-17-11-20-26(31)12-18(10-16-2-1-8-27-13-16)22(30)24-25(26,21(17)23(19)32-24)7-9-28(20)14-15-3-4-15/h1-2,5-6,8,10,13,15,20,24,29,31H,3-4,7,9,11-12,14H2/b18-10+/t20-,24+,25+,26-/m1/s1. The Morgan fingerprint density at radius 2 is 2.16 bits per heavy atom. The highest BCUT2D eigenvalue weighted by Gasteiger charge is 2.74. The van der Waals surface area contributed by atoms with E-state index in [4.69, 9.17) is 4.74 Å². The Kier molecular flexibility index (Phi) is 3.65. The van der Waals surface area contributed by atoms with Crippen LogP contribution in [0.2, 0.25) is 0 Å². The minimum absolute atomic E-state index is 0.0549. The Balaban J connectivity index is 1.42. The second kappa shape index (κ2) is 6.21. The number of aromatic hydroxyl groups is 1. The van der Waals surface area contributed by atoms with Gasteiger partial charge in [0.05, 0.1) is 11.0 Å². The van der Waals surface area contributed by atoms with E-state index >= 15 is 0 Å². The van der Waals surface area contributed by atoms with E-state index in [9.17, 15) is 15.0 Å². The number of likely N-dealkylation sites (tertiary alicyclic amines) is 1. The fraction of sp³-hybridized carbons (Fsp3) is 0.462. The summed E-state index contributed by atoms with van der Waals surface area (Å²) in [5, 5.41) is 23.2. The van der Waals surface area contributed by atoms with Crippen LogP contribution in [0.25, 0.3) is 6.08 Å². The average Bonchev–Trinajstić information content (AvgIpc) is 3.52. The van der Waals surface area contributed by atoms with Crippen molar-refractivity contribution in [1.29, 1.82) is 0 Å². The molecule has 2 N–H and O–H groups in total. The Morgan fingerprint density at radius 1 is 1.28 bits per heavy atom. The molecule has 3 aliphatic carbocycles. The molecule has 4 atom stereocenters. The summed E-state index contributed by atoms with van der Waals surface area (Å²) >= 11 is 0. The number of aliphatic hydroxyl groups is 1. The third-order valence-corrected chi connectivity index (χ3v) is 8.55. The molecule has 1 saturated heterocycles. The normalized spacial score (nSPS) is 36.2. The predicted molar refractivity (Wildman–Crippen MR) is 117 cm³/mol. The summed E-state index contributed by atoms with van der Waals surface area (Å²) in [7, 11) is 0. The van der Waals surface area contributed by atoms with Crippen molar-refractivity contribution in [1.82, 2.24) is 9.88 Å². The number of phenolic OH excluding ortho intramolecular Hbond substituents is 1. The van der Waals surface area contributed by atoms with E-state index in [1.165, 1.54) is 12.8 Å². The van der Waals surface area contributed by atoms with Crippen molar-refractivity contribution in [2.45, 2.75) is 55.3 Å². The number of pyridine rings is 1. The number of hydrogen-bond acceptors (Lipinski definition) is 6. The maximum absolute atomic E-state index is 13.8. The van der Waals surface area contributed by atoms with Crippen molar-refractivity contribution >= 4 is 11.9 Å². The molecule has 7 rings (SSSR count). The highest BCUT2D eigenvalue weighted by molar-refractivity contribution is 6.06. The number of rotatable bonds is 3. The molecule has 0 amide bonds. The van der Waals surface area contributed by atoms with Crippen molar-refractivity contribution in [2.24, 2.45) is 5.92 Å². The van der Waals surface area contributed by atoms with Crippen LogP contribution < -0.4 is 4.74 Å². The molecule has 0 unspecified atom stereocenters. The van der Waals surface area contributed by atoms with Crippen LogP contribution in [0.15, 0.2) is 42.2 Å². The summed E-state index contributed by atoms with van der Waals surface area (Å²) < 4.78 is 6.25. The molecular weight excluding hydrogens is 404 g/mol. The van der Waals surface area contributed by atoms with E-state index in [2.05, 4.69) is 9.88 Å². The zero-order chi connectivity index (χ0) is 21.7. The van der Waals surface area contributed by atoms with E-state index in [0.717, 1.165) is 35.7 Å². The number of ketones is 1. The van der Waals surface area contributed by atoms with Crippen LogP contribution in [0.4, 0.5) is 0 Å². The second-order valence-corrected chi connectivity index (χ2v) is 10.2. The Bertz CT molecular complexity index is 1170. The first-order valence-corrected chi connectivity index (χ1v) is 11.6. The third kappa shape index (κ3) is 2.27. The molecular formula is C26H26N2O4. The molecule has 0 radical (unpaired) electrons. The molecule has 1 spiro atoms. The SMILES string of the molecule is O=C1/C(=C/c2cccnc2)C[C@@]2(O)[C@H]3Cc4ccc(O)c5c4[C@@]2(CCN3CC2CC2)[C@H]1O5. The number of ether oxygens (including phenoxy) is 1. The number of hydrogen-bond donors (Lipinski definition) is 2. The smallest absolute Gasteiger partial charge is 0.200 e. The van der Waals surface area contributed by atoms with E-state index in [1.54, 1.807) is 18.5 Å². The van der Waals surface area contributed by atoms with E-state index in [1.807, 2.05) is 24.3 Å². The van der Waals surface area contributed by atoms with Crippen LogP contribution in [0.1, 0.15) is 42.4 Å². The summed E-state index contributed by atoms with van der Waals surface area (Å²) in [5.41, 5.74) is 1.46. The van der Waals surface area contributed by atoms with Gasteiger partial charge in [0.2, 0.25) is 0 Å². The lowest BCUT2D eigenvalue weighted by Crippen LogP contribution is -2.77. The van der Waals surface area contributed by atoms with Gasteiger partial charge in [-0.05, 0) is 67.5 Å². The minimum atomic E-state index is -1.13. The average molecular weight is 431 g/mol. The van der Waals surface area contributed by atoms with Gasteiger partial charge < -0.3 is 14.9 Å². The zero-order valence-electron chi connectivity index (χ0n) is 17.8. The van der Waals surface area contributed by atoms with Crippen LogP contribution >= 0.6 is 0 Å². The summed E-state index contributed by atoms with van der Waals surface area (Å²) in [6, 6.07) is 7.31. The lowest BCUT2D eigenvalue weighted by atomic mass is 9.48. The first-order chi connectivity index (χ1) is 15.5. The fourth-order valence-corrected chi connectivity index (χ4v) is 6.97. The van der Waals surface area contributed by atoms with Crippen molar-refractivity contribution < 1.29 is 19.7 Å². The van der Waals surface area contributed by atoms with E-state index in [0.29, 0.717) is 30.6 Å². The number of carbonyl (C=O) groups is 1. The Labute approximate surface area is 186 Å². The van der Waals surface area contributed by atoms with Crippen molar-refractivity contribution in [3.05, 3.63) is 58.9 Å². The van der Waals surface area contributed by atoms with Crippen molar-refractivity contribution in [2.75, 3.05) is 13.1 Å². The van der Waals surface area contributed by atoms with Crippen molar-refractivity contribution in [3.63, 3.8) is 0 Å². The van der Waals surface area contributed by atoms with Gasteiger partial charge >= 0.3 is 0 Å². The maximum Gasteiger partial charge on any atom is 0.200 e. The number of Topliss-reactive ketones (excluding diaryl/α,β-unsaturated/α-hetero) is 1. The molecule has 1 aromatic carbocycles. The van der Waals surface area contributed by atoms with E-state index in [-0.39, 0.29) is 17.6 Å². The van der Waals surface area contributed by atoms with Crippen LogP contribution in [0, 0.1) is 5.92 Å². The number of benzene rings is 1. The molecule has 2 saturated carbocycles. The molecule has 3 heterocycles.